The number of fused-ring (bicyclic) bond motifs is 1. The zero-order valence-electron chi connectivity index (χ0n) is 12.5. The van der Waals surface area contributed by atoms with E-state index in [0.29, 0.717) is 11.5 Å². The highest BCUT2D eigenvalue weighted by Gasteiger charge is 2.14. The third-order valence-corrected chi connectivity index (χ3v) is 3.77. The van der Waals surface area contributed by atoms with Crippen molar-refractivity contribution in [1.82, 2.24) is 4.98 Å². The van der Waals surface area contributed by atoms with Crippen molar-refractivity contribution < 1.29 is 4.79 Å². The summed E-state index contributed by atoms with van der Waals surface area (Å²) in [5.74, 6) is 1.39. The molecule has 0 bridgehead atoms. The first kappa shape index (κ1) is 14.5. The number of hydrogen-bond donors (Lipinski definition) is 0. The fourth-order valence-electron chi connectivity index (χ4n) is 2.33. The Hall–Kier alpha value is -1.90. The summed E-state index contributed by atoms with van der Waals surface area (Å²) in [5, 5.41) is 1.01. The summed E-state index contributed by atoms with van der Waals surface area (Å²) in [6.07, 6.45) is 2.04. The number of rotatable bonds is 6. The number of hydrogen-bond acceptors (Lipinski definition) is 3. The van der Waals surface area contributed by atoms with Crippen molar-refractivity contribution in [2.24, 2.45) is 5.92 Å². The molecule has 0 aliphatic rings. The van der Waals surface area contributed by atoms with Crippen LogP contribution in [0.3, 0.4) is 0 Å². The van der Waals surface area contributed by atoms with Crippen LogP contribution in [0.5, 0.6) is 0 Å². The van der Waals surface area contributed by atoms with Crippen molar-refractivity contribution >= 4 is 23.0 Å². The zero-order valence-corrected chi connectivity index (χ0v) is 12.5. The van der Waals surface area contributed by atoms with E-state index in [-0.39, 0.29) is 0 Å². The molecule has 0 aliphatic carbocycles. The quantitative estimate of drug-likeness (QED) is 0.746. The minimum Gasteiger partial charge on any atom is -0.356 e. The minimum atomic E-state index is 0.586. The maximum atomic E-state index is 11.4. The molecular weight excluding hydrogens is 248 g/mol. The van der Waals surface area contributed by atoms with Gasteiger partial charge < -0.3 is 4.90 Å². The van der Waals surface area contributed by atoms with E-state index < -0.39 is 0 Å². The first-order valence-corrected chi connectivity index (χ1v) is 7.29. The van der Waals surface area contributed by atoms with Crippen LogP contribution in [0.4, 0.5) is 5.82 Å². The molecule has 2 rings (SSSR count). The molecular formula is C17H22N2O. The minimum absolute atomic E-state index is 0.586. The number of aromatic nitrogens is 1. The molecule has 0 N–H and O–H groups in total. The van der Waals surface area contributed by atoms with Gasteiger partial charge in [-0.2, -0.15) is 0 Å². The average Bonchev–Trinajstić information content (AvgIpc) is 2.50. The van der Waals surface area contributed by atoms with Crippen LogP contribution < -0.4 is 4.90 Å². The lowest BCUT2D eigenvalue weighted by atomic mass is 10.1. The third kappa shape index (κ3) is 2.98. The Labute approximate surface area is 120 Å². The van der Waals surface area contributed by atoms with Crippen LogP contribution in [0.25, 0.3) is 10.9 Å². The molecule has 1 aromatic carbocycles. The van der Waals surface area contributed by atoms with Gasteiger partial charge in [0.25, 0.3) is 0 Å². The number of benzene rings is 1. The van der Waals surface area contributed by atoms with Crippen molar-refractivity contribution in [3.63, 3.8) is 0 Å². The molecule has 1 aromatic heterocycles. The van der Waals surface area contributed by atoms with Crippen LogP contribution in [0.1, 0.15) is 37.6 Å². The van der Waals surface area contributed by atoms with Crippen LogP contribution in [0.15, 0.2) is 30.3 Å². The summed E-state index contributed by atoms with van der Waals surface area (Å²) in [5.41, 5.74) is 1.62. The molecule has 0 radical (unpaired) electrons. The molecule has 0 aliphatic heterocycles. The number of pyridine rings is 1. The van der Waals surface area contributed by atoms with Gasteiger partial charge in [0.15, 0.2) is 6.29 Å². The van der Waals surface area contributed by atoms with E-state index in [0.717, 1.165) is 42.5 Å². The molecule has 0 saturated carbocycles. The summed E-state index contributed by atoms with van der Waals surface area (Å²) in [6.45, 7) is 8.31. The maximum Gasteiger partial charge on any atom is 0.153 e. The Kier molecular flexibility index (Phi) is 4.72. The molecule has 1 heterocycles. The fourth-order valence-corrected chi connectivity index (χ4v) is 2.33. The highest BCUT2D eigenvalue weighted by atomic mass is 16.1. The van der Waals surface area contributed by atoms with Crippen molar-refractivity contribution in [2.45, 2.75) is 27.2 Å². The van der Waals surface area contributed by atoms with Gasteiger partial charge in [-0.25, -0.2) is 4.98 Å². The molecule has 1 unspecified atom stereocenters. The van der Waals surface area contributed by atoms with Crippen molar-refractivity contribution in [1.29, 1.82) is 0 Å². The van der Waals surface area contributed by atoms with Gasteiger partial charge in [-0.15, -0.1) is 0 Å². The van der Waals surface area contributed by atoms with E-state index in [2.05, 4.69) is 25.7 Å². The monoisotopic (exact) mass is 270 g/mol. The van der Waals surface area contributed by atoms with E-state index in [1.54, 1.807) is 0 Å². The number of nitrogens with zero attached hydrogens (tertiary/aromatic N) is 2. The smallest absolute Gasteiger partial charge is 0.153 e. The van der Waals surface area contributed by atoms with Crippen molar-refractivity contribution in [2.75, 3.05) is 18.0 Å². The van der Waals surface area contributed by atoms with Gasteiger partial charge in [0.1, 0.15) is 5.82 Å². The molecule has 2 aromatic rings. The molecule has 3 nitrogen and oxygen atoms in total. The lowest BCUT2D eigenvalue weighted by Gasteiger charge is -2.26. The van der Waals surface area contributed by atoms with Gasteiger partial charge in [-0.3, -0.25) is 4.79 Å². The van der Waals surface area contributed by atoms with E-state index in [9.17, 15) is 4.79 Å². The topological polar surface area (TPSA) is 33.2 Å². The van der Waals surface area contributed by atoms with Crippen LogP contribution >= 0.6 is 0 Å². The predicted molar refractivity (Wildman–Crippen MR) is 84.5 cm³/mol. The highest BCUT2D eigenvalue weighted by molar-refractivity contribution is 5.91. The van der Waals surface area contributed by atoms with Crippen molar-refractivity contribution in [3.05, 3.63) is 35.9 Å². The van der Waals surface area contributed by atoms with Crippen LogP contribution in [-0.4, -0.2) is 24.4 Å². The molecule has 106 valence electrons. The molecule has 0 amide bonds. The Morgan fingerprint density at radius 2 is 2.05 bits per heavy atom. The lowest BCUT2D eigenvalue weighted by molar-refractivity contribution is 0.112. The first-order valence-electron chi connectivity index (χ1n) is 7.29. The summed E-state index contributed by atoms with van der Waals surface area (Å²) in [4.78, 5) is 18.3. The van der Waals surface area contributed by atoms with Crippen LogP contribution in [0.2, 0.25) is 0 Å². The molecule has 20 heavy (non-hydrogen) atoms. The van der Waals surface area contributed by atoms with Crippen LogP contribution in [0, 0.1) is 5.92 Å². The predicted octanol–water partition coefficient (Wildman–Crippen LogP) is 3.92. The number of para-hydroxylation sites is 1. The molecule has 0 spiro atoms. The molecule has 3 heteroatoms. The summed E-state index contributed by atoms with van der Waals surface area (Å²) in [6, 6.07) is 9.86. The number of anilines is 1. The Morgan fingerprint density at radius 3 is 2.70 bits per heavy atom. The largest absolute Gasteiger partial charge is 0.356 e. The molecule has 0 saturated heterocycles. The Bertz CT molecular complexity index is 595. The standard InChI is InChI=1S/C17H22N2O/c1-4-13(3)11-19(5-2)17-15(12-20)10-14-8-6-7-9-16(14)18-17/h6-10,12-13H,4-5,11H2,1-3H3. The summed E-state index contributed by atoms with van der Waals surface area (Å²) < 4.78 is 0. The first-order chi connectivity index (χ1) is 9.69. The second-order valence-electron chi connectivity index (χ2n) is 5.26. The second-order valence-corrected chi connectivity index (χ2v) is 5.26. The molecule has 1 atom stereocenters. The lowest BCUT2D eigenvalue weighted by Crippen LogP contribution is -2.29. The van der Waals surface area contributed by atoms with Gasteiger partial charge in [0, 0.05) is 18.5 Å². The summed E-state index contributed by atoms with van der Waals surface area (Å²) >= 11 is 0. The van der Waals surface area contributed by atoms with Gasteiger partial charge >= 0.3 is 0 Å². The summed E-state index contributed by atoms with van der Waals surface area (Å²) in [7, 11) is 0. The van der Waals surface area contributed by atoms with Gasteiger partial charge in [0.2, 0.25) is 0 Å². The van der Waals surface area contributed by atoms with E-state index in [1.165, 1.54) is 0 Å². The normalized spacial score (nSPS) is 12.3. The average molecular weight is 270 g/mol. The van der Waals surface area contributed by atoms with Gasteiger partial charge in [-0.1, -0.05) is 38.5 Å². The second kappa shape index (κ2) is 6.51. The highest BCUT2D eigenvalue weighted by Crippen LogP contribution is 2.23. The van der Waals surface area contributed by atoms with Crippen LogP contribution in [-0.2, 0) is 0 Å². The number of carbonyl (C=O) groups excluding carboxylic acids is 1. The Balaban J connectivity index is 2.47. The maximum absolute atomic E-state index is 11.4. The Morgan fingerprint density at radius 1 is 1.30 bits per heavy atom. The van der Waals surface area contributed by atoms with Crippen molar-refractivity contribution in [3.8, 4) is 0 Å². The van der Waals surface area contributed by atoms with E-state index in [4.69, 9.17) is 4.98 Å². The van der Waals surface area contributed by atoms with Gasteiger partial charge in [-0.05, 0) is 25.0 Å². The fraction of sp³-hybridized carbons (Fsp3) is 0.412. The molecule has 0 fully saturated rings. The third-order valence-electron chi connectivity index (χ3n) is 3.77. The number of carbonyl (C=O) groups is 1. The number of aldehydes is 1. The van der Waals surface area contributed by atoms with Gasteiger partial charge in [0.05, 0.1) is 11.1 Å². The SMILES string of the molecule is CCC(C)CN(CC)c1nc2ccccc2cc1C=O. The van der Waals surface area contributed by atoms with E-state index in [1.807, 2.05) is 30.3 Å². The van der Waals surface area contributed by atoms with E-state index >= 15 is 0 Å². The zero-order chi connectivity index (χ0) is 14.5.